The number of rotatable bonds is 13. The van der Waals surface area contributed by atoms with Gasteiger partial charge in [-0.2, -0.15) is 0 Å². The molecular weight excluding hydrogens is 488 g/mol. The van der Waals surface area contributed by atoms with Crippen molar-refractivity contribution in [3.05, 3.63) is 77.0 Å². The van der Waals surface area contributed by atoms with E-state index >= 15 is 4.39 Å². The monoisotopic (exact) mass is 525 g/mol. The molecule has 1 heterocycles. The van der Waals surface area contributed by atoms with Gasteiger partial charge in [0.25, 0.3) is 0 Å². The molecule has 5 nitrogen and oxygen atoms in total. The molecule has 0 aliphatic heterocycles. The molecule has 0 aliphatic carbocycles. The zero-order valence-electron chi connectivity index (χ0n) is 22.8. The molecule has 0 radical (unpaired) electrons. The minimum Gasteiger partial charge on any atom is -0.486 e. The summed E-state index contributed by atoms with van der Waals surface area (Å²) in [6.45, 7) is 8.47. The van der Waals surface area contributed by atoms with Gasteiger partial charge in [-0.15, -0.1) is 0 Å². The Hall–Kier alpha value is -3.48. The van der Waals surface area contributed by atoms with Crippen LogP contribution in [0.1, 0.15) is 76.0 Å². The summed E-state index contributed by atoms with van der Waals surface area (Å²) in [5, 5.41) is 9.19. The van der Waals surface area contributed by atoms with Crippen LogP contribution in [0.5, 0.6) is 11.6 Å². The zero-order valence-corrected chi connectivity index (χ0v) is 22.8. The maximum Gasteiger partial charge on any atom is 0.303 e. The molecule has 0 spiro atoms. The highest BCUT2D eigenvalue weighted by Crippen LogP contribution is 2.36. The van der Waals surface area contributed by atoms with Crippen molar-refractivity contribution in [1.29, 1.82) is 0 Å². The van der Waals surface area contributed by atoms with Crippen molar-refractivity contribution in [1.82, 2.24) is 4.98 Å². The fourth-order valence-electron chi connectivity index (χ4n) is 4.96. The first-order valence-corrected chi connectivity index (χ1v) is 13.0. The molecule has 0 fully saturated rings. The summed E-state index contributed by atoms with van der Waals surface area (Å²) < 4.78 is 41.2. The molecular formula is C31H37F2NO4. The first-order chi connectivity index (χ1) is 18.1. The lowest BCUT2D eigenvalue weighted by atomic mass is 9.79. The van der Waals surface area contributed by atoms with E-state index in [9.17, 15) is 14.3 Å². The summed E-state index contributed by atoms with van der Waals surface area (Å²) in [5.41, 5.74) is 3.26. The van der Waals surface area contributed by atoms with Gasteiger partial charge >= 0.3 is 5.97 Å². The summed E-state index contributed by atoms with van der Waals surface area (Å²) in [5.74, 6) is -1.97. The van der Waals surface area contributed by atoms with E-state index in [1.54, 1.807) is 24.3 Å². The van der Waals surface area contributed by atoms with Crippen LogP contribution in [-0.2, 0) is 17.8 Å². The third-order valence-corrected chi connectivity index (χ3v) is 6.84. The first kappa shape index (κ1) is 29.1. The number of ether oxygens (including phenoxy) is 2. The van der Waals surface area contributed by atoms with Crippen LogP contribution in [-0.4, -0.2) is 23.2 Å². The highest BCUT2D eigenvalue weighted by atomic mass is 19.1. The van der Waals surface area contributed by atoms with Gasteiger partial charge in [0.1, 0.15) is 12.4 Å². The summed E-state index contributed by atoms with van der Waals surface area (Å²) >= 11 is 0. The SMILES string of the molecule is CCCC(C)(C)Cc1cc(COc2cccc(C(CC)CC(=O)O)c2F)ccc1-c1cc(OC)ncc1F. The lowest BCUT2D eigenvalue weighted by molar-refractivity contribution is -0.137. The van der Waals surface area contributed by atoms with Crippen molar-refractivity contribution < 1.29 is 28.2 Å². The first-order valence-electron chi connectivity index (χ1n) is 13.0. The number of carboxylic acid groups (broad SMARTS) is 1. The van der Waals surface area contributed by atoms with E-state index in [4.69, 9.17) is 9.47 Å². The Labute approximate surface area is 223 Å². The Bertz CT molecular complexity index is 1260. The lowest BCUT2D eigenvalue weighted by Crippen LogP contribution is -2.15. The normalized spacial score (nSPS) is 12.3. The molecule has 1 aromatic heterocycles. The van der Waals surface area contributed by atoms with E-state index < -0.39 is 23.5 Å². The average molecular weight is 526 g/mol. The molecule has 2 aromatic carbocycles. The summed E-state index contributed by atoms with van der Waals surface area (Å²) in [6, 6.07) is 12.1. The number of methoxy groups -OCH3 is 1. The molecule has 0 bridgehead atoms. The number of carbonyl (C=O) groups is 1. The second-order valence-corrected chi connectivity index (χ2v) is 10.4. The number of halogens is 2. The molecule has 0 amide bonds. The van der Waals surface area contributed by atoms with Crippen LogP contribution < -0.4 is 9.47 Å². The highest BCUT2D eigenvalue weighted by molar-refractivity contribution is 5.69. The Morgan fingerprint density at radius 3 is 2.53 bits per heavy atom. The summed E-state index contributed by atoms with van der Waals surface area (Å²) in [7, 11) is 1.49. The number of hydrogen-bond donors (Lipinski definition) is 1. The van der Waals surface area contributed by atoms with Gasteiger partial charge in [0, 0.05) is 11.6 Å². The second kappa shape index (κ2) is 12.9. The van der Waals surface area contributed by atoms with Crippen molar-refractivity contribution in [3.8, 4) is 22.8 Å². The van der Waals surface area contributed by atoms with E-state index in [1.807, 2.05) is 25.1 Å². The van der Waals surface area contributed by atoms with Crippen LogP contribution >= 0.6 is 0 Å². The van der Waals surface area contributed by atoms with E-state index in [1.165, 1.54) is 7.11 Å². The van der Waals surface area contributed by atoms with Crippen LogP contribution in [0, 0.1) is 17.0 Å². The quantitative estimate of drug-likeness (QED) is 0.245. The Morgan fingerprint density at radius 2 is 1.87 bits per heavy atom. The minimum atomic E-state index is -0.968. The number of pyridine rings is 1. The fraction of sp³-hybridized carbons (Fsp3) is 0.419. The van der Waals surface area contributed by atoms with Crippen LogP contribution in [0.15, 0.2) is 48.7 Å². The predicted octanol–water partition coefficient (Wildman–Crippen LogP) is 7.95. The molecule has 38 heavy (non-hydrogen) atoms. The molecule has 3 aromatic rings. The fourth-order valence-corrected chi connectivity index (χ4v) is 4.96. The highest BCUT2D eigenvalue weighted by Gasteiger charge is 2.23. The molecule has 1 atom stereocenters. The molecule has 204 valence electrons. The Morgan fingerprint density at radius 1 is 1.11 bits per heavy atom. The standard InChI is InChI=1S/C31H37F2NO4/c1-6-13-31(3,4)17-22-14-20(11-12-23(22)25-16-28(37-5)34-18-26(25)32)19-38-27-10-8-9-24(30(27)33)21(7-2)15-29(35)36/h8-12,14,16,18,21H,6-7,13,15,17,19H2,1-5H3,(H,35,36). The van der Waals surface area contributed by atoms with E-state index in [2.05, 4.69) is 25.8 Å². The van der Waals surface area contributed by atoms with Crippen molar-refractivity contribution in [2.24, 2.45) is 5.41 Å². The summed E-state index contributed by atoms with van der Waals surface area (Å²) in [4.78, 5) is 15.2. The molecule has 0 aliphatic rings. The number of aromatic nitrogens is 1. The third kappa shape index (κ3) is 7.30. The topological polar surface area (TPSA) is 68.7 Å². The molecule has 7 heteroatoms. The molecule has 3 rings (SSSR count). The van der Waals surface area contributed by atoms with Crippen LogP contribution in [0.25, 0.3) is 11.1 Å². The maximum atomic E-state index is 15.3. The van der Waals surface area contributed by atoms with Gasteiger partial charge < -0.3 is 14.6 Å². The van der Waals surface area contributed by atoms with E-state index in [-0.39, 0.29) is 24.2 Å². The van der Waals surface area contributed by atoms with Gasteiger partial charge in [0.2, 0.25) is 5.88 Å². The Balaban J connectivity index is 1.94. The number of hydrogen-bond acceptors (Lipinski definition) is 4. The number of aliphatic carboxylic acids is 1. The van der Waals surface area contributed by atoms with Crippen LogP contribution in [0.2, 0.25) is 0 Å². The molecule has 0 saturated carbocycles. The van der Waals surface area contributed by atoms with Gasteiger partial charge in [-0.05, 0) is 58.9 Å². The average Bonchev–Trinajstić information content (AvgIpc) is 2.87. The van der Waals surface area contributed by atoms with Crippen LogP contribution in [0.4, 0.5) is 8.78 Å². The van der Waals surface area contributed by atoms with Gasteiger partial charge in [0.15, 0.2) is 11.6 Å². The smallest absolute Gasteiger partial charge is 0.303 e. The van der Waals surface area contributed by atoms with Gasteiger partial charge in [-0.3, -0.25) is 4.79 Å². The van der Waals surface area contributed by atoms with Gasteiger partial charge in [-0.25, -0.2) is 13.8 Å². The van der Waals surface area contributed by atoms with Crippen molar-refractivity contribution in [3.63, 3.8) is 0 Å². The second-order valence-electron chi connectivity index (χ2n) is 10.4. The van der Waals surface area contributed by atoms with Crippen LogP contribution in [0.3, 0.4) is 0 Å². The van der Waals surface area contributed by atoms with E-state index in [0.717, 1.165) is 35.7 Å². The van der Waals surface area contributed by atoms with Crippen molar-refractivity contribution in [2.75, 3.05) is 7.11 Å². The largest absolute Gasteiger partial charge is 0.486 e. The van der Waals surface area contributed by atoms with Crippen molar-refractivity contribution >= 4 is 5.97 Å². The zero-order chi connectivity index (χ0) is 27.9. The Kier molecular flexibility index (Phi) is 9.84. The predicted molar refractivity (Wildman–Crippen MR) is 145 cm³/mol. The van der Waals surface area contributed by atoms with Gasteiger partial charge in [-0.1, -0.05) is 64.4 Å². The molecule has 0 saturated heterocycles. The third-order valence-electron chi connectivity index (χ3n) is 6.84. The minimum absolute atomic E-state index is 0.0175. The summed E-state index contributed by atoms with van der Waals surface area (Å²) in [6.07, 6.45) is 4.26. The lowest BCUT2D eigenvalue weighted by Gasteiger charge is -2.26. The maximum absolute atomic E-state index is 15.3. The number of nitrogens with zero attached hydrogens (tertiary/aromatic N) is 1. The molecule has 1 N–H and O–H groups in total. The number of carboxylic acids is 1. The van der Waals surface area contributed by atoms with E-state index in [0.29, 0.717) is 29.8 Å². The van der Waals surface area contributed by atoms with Crippen molar-refractivity contribution in [2.45, 2.75) is 72.3 Å². The molecule has 1 unspecified atom stereocenters. The van der Waals surface area contributed by atoms with Gasteiger partial charge in [0.05, 0.1) is 19.7 Å². The number of benzene rings is 2.